The molecule has 3 aliphatic rings. The fraction of sp³-hybridized carbons (Fsp3) is 0.429. The first kappa shape index (κ1) is 28.7. The van der Waals surface area contributed by atoms with Gasteiger partial charge >= 0.3 is 6.03 Å². The van der Waals surface area contributed by atoms with Gasteiger partial charge < -0.3 is 10.2 Å². The molecule has 0 spiro atoms. The van der Waals surface area contributed by atoms with Gasteiger partial charge in [0, 0.05) is 24.8 Å². The Bertz CT molecular complexity index is 1500. The largest absolute Gasteiger partial charge is 0.322 e. The summed E-state index contributed by atoms with van der Waals surface area (Å²) in [6.07, 6.45) is 6.12. The van der Waals surface area contributed by atoms with Gasteiger partial charge in [-0.25, -0.2) is 9.18 Å². The highest BCUT2D eigenvalue weighted by molar-refractivity contribution is 6.31. The van der Waals surface area contributed by atoms with Crippen LogP contribution in [0.3, 0.4) is 0 Å². The zero-order valence-corrected chi connectivity index (χ0v) is 24.9. The third-order valence-electron chi connectivity index (χ3n) is 9.80. The maximum atomic E-state index is 13.8. The second-order valence-corrected chi connectivity index (χ2v) is 13.0. The first-order chi connectivity index (χ1) is 20.3. The predicted octanol–water partition coefficient (Wildman–Crippen LogP) is 7.92. The molecule has 0 aromatic heterocycles. The molecule has 2 amide bonds. The molecule has 6 rings (SSSR count). The van der Waals surface area contributed by atoms with Gasteiger partial charge in [-0.05, 0) is 117 Å². The summed E-state index contributed by atoms with van der Waals surface area (Å²) >= 11 is 6.02. The van der Waals surface area contributed by atoms with Gasteiger partial charge in [-0.1, -0.05) is 53.6 Å². The number of rotatable bonds is 7. The molecule has 1 saturated heterocycles. The molecule has 7 heteroatoms. The Morgan fingerprint density at radius 3 is 2.67 bits per heavy atom. The van der Waals surface area contributed by atoms with E-state index in [2.05, 4.69) is 58.4 Å². The molecule has 2 saturated carbocycles. The van der Waals surface area contributed by atoms with Crippen LogP contribution in [0.15, 0.2) is 66.7 Å². The van der Waals surface area contributed by atoms with Gasteiger partial charge in [-0.15, -0.1) is 0 Å². The molecule has 218 valence electrons. The van der Waals surface area contributed by atoms with E-state index in [9.17, 15) is 14.4 Å². The second-order valence-electron chi connectivity index (χ2n) is 12.6. The lowest BCUT2D eigenvalue weighted by Crippen LogP contribution is -2.49. The van der Waals surface area contributed by atoms with Crippen LogP contribution >= 0.6 is 11.6 Å². The lowest BCUT2D eigenvalue weighted by Gasteiger charge is -2.40. The zero-order chi connectivity index (χ0) is 29.3. The van der Waals surface area contributed by atoms with Gasteiger partial charge in [-0.3, -0.25) is 4.90 Å². The standard InChI is InChI=1S/C35H38ClFN4O/c1-24-4-2-6-27(16-24)22-40-14-11-25(12-15-40)23-41(34(42)39-30-8-9-33(37)32(36)19-30)31-10-13-35(20-29(35)18-31)28-7-3-5-26(17-28)21-38/h2-9,16-17,19,25,29,31H,10-15,18,20,22-23H2,1H3,(H,39,42)/t29?,31?,35-/m1/s1. The molecule has 0 radical (unpaired) electrons. The third-order valence-corrected chi connectivity index (χ3v) is 10.1. The number of hydrogen-bond donors (Lipinski definition) is 1. The highest BCUT2D eigenvalue weighted by atomic mass is 35.5. The SMILES string of the molecule is Cc1cccc(CN2CCC(CN(C(=O)Nc3ccc(F)c(Cl)c3)C3CC[C@]4(c5cccc(C#N)c5)CC4C3)CC2)c1. The van der Waals surface area contributed by atoms with Crippen LogP contribution in [-0.2, 0) is 12.0 Å². The van der Waals surface area contributed by atoms with Gasteiger partial charge in [-0.2, -0.15) is 5.26 Å². The summed E-state index contributed by atoms with van der Waals surface area (Å²) in [4.78, 5) is 18.4. The number of nitriles is 1. The number of aryl methyl sites for hydroxylation is 1. The van der Waals surface area contributed by atoms with E-state index in [-0.39, 0.29) is 22.5 Å². The fourth-order valence-electron chi connectivity index (χ4n) is 7.39. The van der Waals surface area contributed by atoms with Crippen LogP contribution in [0.1, 0.15) is 60.8 Å². The van der Waals surface area contributed by atoms with Crippen LogP contribution in [0, 0.1) is 35.9 Å². The maximum Gasteiger partial charge on any atom is 0.322 e. The Kier molecular flexibility index (Phi) is 8.25. The summed E-state index contributed by atoms with van der Waals surface area (Å²) in [5.41, 5.74) is 5.26. The number of fused-ring (bicyclic) bond motifs is 1. The number of urea groups is 1. The van der Waals surface area contributed by atoms with Gasteiger partial charge in [0.2, 0.25) is 0 Å². The highest BCUT2D eigenvalue weighted by Gasteiger charge is 2.58. The van der Waals surface area contributed by atoms with Crippen molar-refractivity contribution in [3.8, 4) is 6.07 Å². The van der Waals surface area contributed by atoms with Crippen molar-refractivity contribution in [2.45, 2.75) is 63.5 Å². The van der Waals surface area contributed by atoms with E-state index in [1.54, 1.807) is 6.07 Å². The summed E-state index contributed by atoms with van der Waals surface area (Å²) in [6.45, 7) is 5.85. The number of nitrogens with zero attached hydrogens (tertiary/aromatic N) is 3. The fourth-order valence-corrected chi connectivity index (χ4v) is 7.57. The second kappa shape index (κ2) is 12.1. The Labute approximate surface area is 253 Å². The molecule has 3 atom stereocenters. The maximum absolute atomic E-state index is 13.8. The van der Waals surface area contributed by atoms with Crippen molar-refractivity contribution >= 4 is 23.3 Å². The minimum atomic E-state index is -0.498. The van der Waals surface area contributed by atoms with Crippen LogP contribution < -0.4 is 5.32 Å². The molecule has 0 bridgehead atoms. The minimum Gasteiger partial charge on any atom is -0.321 e. The monoisotopic (exact) mass is 584 g/mol. The van der Waals surface area contributed by atoms with E-state index in [0.717, 1.165) is 58.2 Å². The number of carbonyl (C=O) groups excluding carboxylic acids is 1. The molecule has 2 unspecified atom stereocenters. The van der Waals surface area contributed by atoms with E-state index < -0.39 is 5.82 Å². The number of carbonyl (C=O) groups is 1. The number of likely N-dealkylation sites (tertiary alicyclic amines) is 1. The molecule has 2 aliphatic carbocycles. The van der Waals surface area contributed by atoms with Crippen molar-refractivity contribution < 1.29 is 9.18 Å². The van der Waals surface area contributed by atoms with Crippen LogP contribution in [-0.4, -0.2) is 41.5 Å². The van der Waals surface area contributed by atoms with Crippen molar-refractivity contribution in [2.75, 3.05) is 25.0 Å². The summed E-state index contributed by atoms with van der Waals surface area (Å²) < 4.78 is 13.8. The van der Waals surface area contributed by atoms with Crippen LogP contribution in [0.5, 0.6) is 0 Å². The average molecular weight is 585 g/mol. The number of benzene rings is 3. The first-order valence-electron chi connectivity index (χ1n) is 15.1. The summed E-state index contributed by atoms with van der Waals surface area (Å²) in [7, 11) is 0. The van der Waals surface area contributed by atoms with E-state index in [1.165, 1.54) is 28.8 Å². The molecular weight excluding hydrogens is 547 g/mol. The van der Waals surface area contributed by atoms with Crippen LogP contribution in [0.25, 0.3) is 0 Å². The first-order valence-corrected chi connectivity index (χ1v) is 15.5. The quantitative estimate of drug-likeness (QED) is 0.307. The molecule has 1 N–H and O–H groups in total. The van der Waals surface area contributed by atoms with E-state index in [0.29, 0.717) is 29.6 Å². The van der Waals surface area contributed by atoms with Crippen molar-refractivity contribution in [1.82, 2.24) is 9.80 Å². The van der Waals surface area contributed by atoms with E-state index >= 15 is 0 Å². The number of amides is 2. The van der Waals surface area contributed by atoms with Crippen molar-refractivity contribution in [3.05, 3.63) is 99.8 Å². The molecule has 1 aliphatic heterocycles. The normalized spacial score (nSPS) is 24.0. The lowest BCUT2D eigenvalue weighted by molar-refractivity contribution is 0.115. The molecule has 3 aromatic rings. The van der Waals surface area contributed by atoms with Gasteiger partial charge in [0.05, 0.1) is 16.7 Å². The van der Waals surface area contributed by atoms with Gasteiger partial charge in [0.1, 0.15) is 5.82 Å². The lowest BCUT2D eigenvalue weighted by atomic mass is 9.79. The average Bonchev–Trinajstić information content (AvgIpc) is 3.74. The number of halogens is 2. The van der Waals surface area contributed by atoms with E-state index in [1.807, 2.05) is 18.2 Å². The van der Waals surface area contributed by atoms with Crippen LogP contribution in [0.2, 0.25) is 5.02 Å². The summed E-state index contributed by atoms with van der Waals surface area (Å²) in [6, 6.07) is 23.4. The van der Waals surface area contributed by atoms with Crippen molar-refractivity contribution in [2.24, 2.45) is 11.8 Å². The van der Waals surface area contributed by atoms with Crippen molar-refractivity contribution in [1.29, 1.82) is 5.26 Å². The van der Waals surface area contributed by atoms with Gasteiger partial charge in [0.25, 0.3) is 0 Å². The Morgan fingerprint density at radius 2 is 1.93 bits per heavy atom. The molecule has 1 heterocycles. The number of nitrogens with one attached hydrogen (secondary N) is 1. The number of anilines is 1. The van der Waals surface area contributed by atoms with E-state index in [4.69, 9.17) is 11.6 Å². The smallest absolute Gasteiger partial charge is 0.321 e. The molecular formula is C35H38ClFN4O. The molecule has 5 nitrogen and oxygen atoms in total. The summed E-state index contributed by atoms with van der Waals surface area (Å²) in [5.74, 6) is 0.443. The Hall–Kier alpha value is -3.40. The van der Waals surface area contributed by atoms with Gasteiger partial charge in [0.15, 0.2) is 0 Å². The Morgan fingerprint density at radius 1 is 1.12 bits per heavy atom. The molecule has 3 aromatic carbocycles. The number of piperidine rings is 1. The van der Waals surface area contributed by atoms with Crippen molar-refractivity contribution in [3.63, 3.8) is 0 Å². The third kappa shape index (κ3) is 6.19. The zero-order valence-electron chi connectivity index (χ0n) is 24.2. The summed E-state index contributed by atoms with van der Waals surface area (Å²) in [5, 5.41) is 12.4. The highest BCUT2D eigenvalue weighted by Crippen LogP contribution is 2.63. The van der Waals surface area contributed by atoms with Crippen LogP contribution in [0.4, 0.5) is 14.9 Å². The topological polar surface area (TPSA) is 59.4 Å². The number of hydrogen-bond acceptors (Lipinski definition) is 3. The Balaban J connectivity index is 1.13. The molecule has 3 fully saturated rings. The predicted molar refractivity (Wildman–Crippen MR) is 165 cm³/mol. The molecule has 42 heavy (non-hydrogen) atoms. The minimum absolute atomic E-state index is 0.000335.